The lowest BCUT2D eigenvalue weighted by Gasteiger charge is -2.31. The number of aromatic hydroxyl groups is 1. The Labute approximate surface area is 173 Å². The van der Waals surface area contributed by atoms with Crippen LogP contribution in [-0.2, 0) is 13.0 Å². The maximum atomic E-state index is 9.80. The molecule has 0 atom stereocenters. The third-order valence-corrected chi connectivity index (χ3v) is 5.68. The molecule has 3 aromatic rings. The molecule has 5 heteroatoms. The molecule has 0 spiro atoms. The van der Waals surface area contributed by atoms with Crippen molar-refractivity contribution in [3.8, 4) is 5.75 Å². The summed E-state index contributed by atoms with van der Waals surface area (Å²) in [4.78, 5) is 2.56. The van der Waals surface area contributed by atoms with Crippen LogP contribution in [0.5, 0.6) is 5.75 Å². The highest BCUT2D eigenvalue weighted by Gasteiger charge is 2.20. The molecule has 0 bridgehead atoms. The predicted octanol–water partition coefficient (Wildman–Crippen LogP) is 4.52. The number of hydrogen-bond acceptors (Lipinski definition) is 5. The van der Waals surface area contributed by atoms with Gasteiger partial charge in [0.1, 0.15) is 5.75 Å². The number of fused-ring (bicyclic) bond motifs is 1. The minimum atomic E-state index is 0.269. The Morgan fingerprint density at radius 1 is 1.10 bits per heavy atom. The first-order chi connectivity index (χ1) is 14.1. The number of phenolic OH excluding ortho intramolecular Hbond substituents is 1. The summed E-state index contributed by atoms with van der Waals surface area (Å²) in [5.74, 6) is 1.03. The number of aromatic nitrogens is 1. The number of piperidine rings is 1. The maximum absolute atomic E-state index is 9.80. The van der Waals surface area contributed by atoms with E-state index in [1.165, 1.54) is 31.5 Å². The summed E-state index contributed by atoms with van der Waals surface area (Å²) in [6.07, 6.45) is 4.60. The van der Waals surface area contributed by atoms with Crippen LogP contribution in [0.3, 0.4) is 0 Å². The number of nitrogens with one attached hydrogen (secondary N) is 1. The van der Waals surface area contributed by atoms with E-state index >= 15 is 0 Å². The molecule has 1 aliphatic rings. The van der Waals surface area contributed by atoms with Gasteiger partial charge in [-0.15, -0.1) is 0 Å². The van der Waals surface area contributed by atoms with E-state index in [1.807, 2.05) is 27.1 Å². The Morgan fingerprint density at radius 3 is 2.48 bits per heavy atom. The van der Waals surface area contributed by atoms with E-state index in [9.17, 15) is 5.11 Å². The third kappa shape index (κ3) is 5.58. The lowest BCUT2D eigenvalue weighted by atomic mass is 9.91. The highest BCUT2D eigenvalue weighted by atomic mass is 16.5. The van der Waals surface area contributed by atoms with Crippen molar-refractivity contribution in [2.45, 2.75) is 39.2 Å². The molecule has 156 valence electrons. The highest BCUT2D eigenvalue weighted by Crippen LogP contribution is 2.30. The average Bonchev–Trinajstić information content (AvgIpc) is 3.15. The van der Waals surface area contributed by atoms with Crippen molar-refractivity contribution >= 4 is 11.0 Å². The van der Waals surface area contributed by atoms with Crippen molar-refractivity contribution in [1.82, 2.24) is 15.4 Å². The van der Waals surface area contributed by atoms with Gasteiger partial charge >= 0.3 is 0 Å². The number of nitrogens with zero attached hydrogens (tertiary/aromatic N) is 2. The van der Waals surface area contributed by atoms with E-state index < -0.39 is 0 Å². The zero-order chi connectivity index (χ0) is 20.6. The van der Waals surface area contributed by atoms with Gasteiger partial charge in [-0.1, -0.05) is 35.5 Å². The van der Waals surface area contributed by atoms with Crippen LogP contribution in [-0.4, -0.2) is 42.3 Å². The summed E-state index contributed by atoms with van der Waals surface area (Å²) in [6.45, 7) is 5.28. The van der Waals surface area contributed by atoms with E-state index in [0.29, 0.717) is 0 Å². The van der Waals surface area contributed by atoms with Crippen LogP contribution in [0.1, 0.15) is 36.1 Å². The summed E-state index contributed by atoms with van der Waals surface area (Å²) in [5.41, 5.74) is 3.92. The molecule has 0 aliphatic carbocycles. The van der Waals surface area contributed by atoms with Crippen molar-refractivity contribution < 1.29 is 9.63 Å². The lowest BCUT2D eigenvalue weighted by molar-refractivity contribution is 0.172. The summed E-state index contributed by atoms with van der Waals surface area (Å²) in [5, 5.41) is 17.8. The lowest BCUT2D eigenvalue weighted by Crippen LogP contribution is -2.33. The molecular formula is C24H33N3O2. The Bertz CT molecular complexity index is 884. The van der Waals surface area contributed by atoms with E-state index in [4.69, 9.17) is 4.52 Å². The van der Waals surface area contributed by atoms with Crippen LogP contribution in [0.25, 0.3) is 11.0 Å². The molecule has 5 nitrogen and oxygen atoms in total. The Morgan fingerprint density at radius 2 is 1.79 bits per heavy atom. The minimum Gasteiger partial charge on any atom is -0.508 e. The first kappa shape index (κ1) is 21.3. The Hall–Kier alpha value is -2.37. The first-order valence-corrected chi connectivity index (χ1v) is 10.5. The number of rotatable bonds is 5. The van der Waals surface area contributed by atoms with Crippen LogP contribution in [0.2, 0.25) is 0 Å². The van der Waals surface area contributed by atoms with Gasteiger partial charge in [0.05, 0.1) is 5.69 Å². The SMILES string of the molecule is CNC.Cc1c(O)ccc2c(CCC3CCN(Cc4ccccc4)CC3)noc12. The molecule has 29 heavy (non-hydrogen) atoms. The van der Waals surface area contributed by atoms with E-state index in [-0.39, 0.29) is 5.75 Å². The number of hydrogen-bond donors (Lipinski definition) is 2. The molecule has 1 saturated heterocycles. The normalized spacial score (nSPS) is 15.3. The largest absolute Gasteiger partial charge is 0.508 e. The van der Waals surface area contributed by atoms with Gasteiger partial charge in [-0.05, 0) is 83.4 Å². The maximum Gasteiger partial charge on any atom is 0.173 e. The summed E-state index contributed by atoms with van der Waals surface area (Å²) in [7, 11) is 3.75. The van der Waals surface area contributed by atoms with E-state index in [0.717, 1.165) is 47.5 Å². The Kier molecular flexibility index (Phi) is 7.67. The van der Waals surface area contributed by atoms with E-state index in [1.54, 1.807) is 6.07 Å². The zero-order valence-electron chi connectivity index (χ0n) is 17.8. The van der Waals surface area contributed by atoms with Gasteiger partial charge < -0.3 is 14.9 Å². The second-order valence-electron chi connectivity index (χ2n) is 7.96. The van der Waals surface area contributed by atoms with Crippen LogP contribution in [0.4, 0.5) is 0 Å². The second-order valence-corrected chi connectivity index (χ2v) is 7.96. The van der Waals surface area contributed by atoms with Gasteiger partial charge in [0.25, 0.3) is 0 Å². The first-order valence-electron chi connectivity index (χ1n) is 10.5. The fourth-order valence-electron chi connectivity index (χ4n) is 3.97. The number of phenols is 1. The van der Waals surface area contributed by atoms with Crippen molar-refractivity contribution in [3.63, 3.8) is 0 Å². The van der Waals surface area contributed by atoms with Gasteiger partial charge in [-0.25, -0.2) is 0 Å². The number of benzene rings is 2. The topological polar surface area (TPSA) is 61.5 Å². The molecule has 2 N–H and O–H groups in total. The average molecular weight is 396 g/mol. The molecule has 1 aliphatic heterocycles. The fourth-order valence-corrected chi connectivity index (χ4v) is 3.97. The van der Waals surface area contributed by atoms with Gasteiger partial charge in [-0.2, -0.15) is 0 Å². The van der Waals surface area contributed by atoms with Crippen LogP contribution >= 0.6 is 0 Å². The number of likely N-dealkylation sites (tertiary alicyclic amines) is 1. The van der Waals surface area contributed by atoms with E-state index in [2.05, 4.69) is 45.7 Å². The van der Waals surface area contributed by atoms with Gasteiger partial charge in [0, 0.05) is 17.5 Å². The van der Waals surface area contributed by atoms with Gasteiger partial charge in [-0.3, -0.25) is 4.90 Å². The second kappa shape index (κ2) is 10.4. The zero-order valence-corrected chi connectivity index (χ0v) is 17.8. The quantitative estimate of drug-likeness (QED) is 0.665. The van der Waals surface area contributed by atoms with Crippen LogP contribution < -0.4 is 5.32 Å². The van der Waals surface area contributed by atoms with Crippen molar-refractivity contribution in [1.29, 1.82) is 0 Å². The Balaban J connectivity index is 0.000000755. The molecule has 2 aromatic carbocycles. The molecule has 0 unspecified atom stereocenters. The predicted molar refractivity (Wildman–Crippen MR) is 118 cm³/mol. The third-order valence-electron chi connectivity index (χ3n) is 5.68. The molecule has 2 heterocycles. The number of aryl methyl sites for hydroxylation is 2. The molecular weight excluding hydrogens is 362 g/mol. The fraction of sp³-hybridized carbons (Fsp3) is 0.458. The molecule has 1 fully saturated rings. The van der Waals surface area contributed by atoms with Crippen molar-refractivity contribution in [2.75, 3.05) is 27.2 Å². The molecule has 1 aromatic heterocycles. The van der Waals surface area contributed by atoms with Crippen molar-refractivity contribution in [3.05, 3.63) is 59.3 Å². The summed E-state index contributed by atoms with van der Waals surface area (Å²) < 4.78 is 5.47. The highest BCUT2D eigenvalue weighted by molar-refractivity contribution is 5.84. The van der Waals surface area contributed by atoms with Crippen molar-refractivity contribution in [2.24, 2.45) is 5.92 Å². The van der Waals surface area contributed by atoms with Crippen LogP contribution in [0.15, 0.2) is 47.0 Å². The molecule has 0 amide bonds. The van der Waals surface area contributed by atoms with Gasteiger partial charge in [0.2, 0.25) is 0 Å². The molecule has 4 rings (SSSR count). The van der Waals surface area contributed by atoms with Crippen LogP contribution in [0, 0.1) is 12.8 Å². The summed E-state index contributed by atoms with van der Waals surface area (Å²) >= 11 is 0. The smallest absolute Gasteiger partial charge is 0.173 e. The van der Waals surface area contributed by atoms with Gasteiger partial charge in [0.15, 0.2) is 5.58 Å². The molecule has 0 saturated carbocycles. The molecule has 0 radical (unpaired) electrons. The monoisotopic (exact) mass is 395 g/mol. The minimum absolute atomic E-state index is 0.269. The summed E-state index contributed by atoms with van der Waals surface area (Å²) in [6, 6.07) is 14.4. The standard InChI is InChI=1S/C22H26N2O2.C2H7N/c1-16-21(25)10-8-19-20(23-26-22(16)19)9-7-17-11-13-24(14-12-17)15-18-5-3-2-4-6-18;1-3-2/h2-6,8,10,17,25H,7,9,11-15H2,1H3;3H,1-2H3.